The van der Waals surface area contributed by atoms with E-state index in [9.17, 15) is 13.6 Å². The average Bonchev–Trinajstić information content (AvgIpc) is 2.42. The van der Waals surface area contributed by atoms with Crippen LogP contribution in [-0.2, 0) is 0 Å². The number of nitrogens with one attached hydrogen (secondary N) is 1. The highest BCUT2D eigenvalue weighted by molar-refractivity contribution is 5.94. The fourth-order valence-corrected chi connectivity index (χ4v) is 2.23. The Labute approximate surface area is 118 Å². The fraction of sp³-hybridized carbons (Fsp3) is 0.533. The molecule has 20 heavy (non-hydrogen) atoms. The molecule has 0 atom stereocenters. The van der Waals surface area contributed by atoms with Gasteiger partial charge in [-0.3, -0.25) is 4.79 Å². The summed E-state index contributed by atoms with van der Waals surface area (Å²) in [4.78, 5) is 11.9. The summed E-state index contributed by atoms with van der Waals surface area (Å²) in [7, 11) is 0. The van der Waals surface area contributed by atoms with Gasteiger partial charge in [0.05, 0.1) is 0 Å². The van der Waals surface area contributed by atoms with Gasteiger partial charge in [0.2, 0.25) is 0 Å². The topological polar surface area (TPSA) is 49.3 Å². The van der Waals surface area contributed by atoms with Gasteiger partial charge in [-0.25, -0.2) is 8.78 Å². The van der Waals surface area contributed by atoms with Gasteiger partial charge in [-0.15, -0.1) is 0 Å². The molecular formula is C15H21F2NO2. The first-order valence-electron chi connectivity index (χ1n) is 6.81. The third kappa shape index (κ3) is 4.27. The van der Waals surface area contributed by atoms with E-state index in [0.29, 0.717) is 13.0 Å². The molecule has 1 rings (SSSR count). The lowest BCUT2D eigenvalue weighted by atomic mass is 9.79. The molecule has 0 aliphatic heterocycles. The highest BCUT2D eigenvalue weighted by Crippen LogP contribution is 2.29. The summed E-state index contributed by atoms with van der Waals surface area (Å²) in [5, 5.41) is 11.8. The summed E-state index contributed by atoms with van der Waals surface area (Å²) in [5.74, 6) is -2.06. The zero-order chi connectivity index (χ0) is 15.2. The Morgan fingerprint density at radius 1 is 1.20 bits per heavy atom. The van der Waals surface area contributed by atoms with Crippen LogP contribution in [0.5, 0.6) is 0 Å². The van der Waals surface area contributed by atoms with Crippen molar-refractivity contribution in [3.8, 4) is 0 Å². The first kappa shape index (κ1) is 16.6. The van der Waals surface area contributed by atoms with E-state index in [1.165, 1.54) is 0 Å². The summed E-state index contributed by atoms with van der Waals surface area (Å²) in [5.41, 5.74) is -0.219. The van der Waals surface area contributed by atoms with Crippen molar-refractivity contribution in [2.24, 2.45) is 5.41 Å². The average molecular weight is 285 g/mol. The van der Waals surface area contributed by atoms with Gasteiger partial charge < -0.3 is 10.4 Å². The summed E-state index contributed by atoms with van der Waals surface area (Å²) < 4.78 is 26.1. The van der Waals surface area contributed by atoms with Gasteiger partial charge in [-0.2, -0.15) is 0 Å². The van der Waals surface area contributed by atoms with Crippen LogP contribution in [0.1, 0.15) is 43.5 Å². The largest absolute Gasteiger partial charge is 0.396 e. The van der Waals surface area contributed by atoms with Crippen LogP contribution < -0.4 is 5.32 Å². The van der Waals surface area contributed by atoms with Gasteiger partial charge in [0.15, 0.2) is 0 Å². The summed E-state index contributed by atoms with van der Waals surface area (Å²) >= 11 is 0. The van der Waals surface area contributed by atoms with Crippen LogP contribution in [0.3, 0.4) is 0 Å². The molecule has 0 spiro atoms. The van der Waals surface area contributed by atoms with Crippen molar-refractivity contribution in [1.82, 2.24) is 5.32 Å². The van der Waals surface area contributed by atoms with Crippen molar-refractivity contribution in [3.05, 3.63) is 35.4 Å². The minimum Gasteiger partial charge on any atom is -0.396 e. The fourth-order valence-electron chi connectivity index (χ4n) is 2.23. The molecule has 112 valence electrons. The van der Waals surface area contributed by atoms with Gasteiger partial charge >= 0.3 is 0 Å². The van der Waals surface area contributed by atoms with Gasteiger partial charge in [0.1, 0.15) is 11.6 Å². The van der Waals surface area contributed by atoms with Crippen LogP contribution in [0.25, 0.3) is 0 Å². The molecule has 0 aliphatic carbocycles. The van der Waals surface area contributed by atoms with E-state index in [2.05, 4.69) is 5.32 Å². The third-order valence-electron chi connectivity index (χ3n) is 3.89. The Bertz CT molecular complexity index is 439. The second-order valence-electron chi connectivity index (χ2n) is 5.02. The van der Waals surface area contributed by atoms with Crippen LogP contribution in [0.4, 0.5) is 8.78 Å². The molecule has 0 saturated heterocycles. The highest BCUT2D eigenvalue weighted by Gasteiger charge is 2.26. The molecule has 1 amide bonds. The molecule has 2 N–H and O–H groups in total. The number of amides is 1. The minimum atomic E-state index is -0.775. The number of carbonyl (C=O) groups is 1. The summed E-state index contributed by atoms with van der Waals surface area (Å²) in [6.07, 6.45) is 2.20. The second-order valence-corrected chi connectivity index (χ2v) is 5.02. The number of halogens is 2. The summed E-state index contributed by atoms with van der Waals surface area (Å²) in [6, 6.07) is 2.74. The molecule has 0 aromatic heterocycles. The number of hydrogen-bond acceptors (Lipinski definition) is 2. The van der Waals surface area contributed by atoms with E-state index in [-0.39, 0.29) is 17.6 Å². The first-order valence-corrected chi connectivity index (χ1v) is 6.81. The first-order chi connectivity index (χ1) is 9.46. The van der Waals surface area contributed by atoms with Gasteiger partial charge in [-0.05, 0) is 36.8 Å². The molecule has 0 bridgehead atoms. The van der Waals surface area contributed by atoms with Crippen LogP contribution in [-0.4, -0.2) is 24.2 Å². The standard InChI is InChI=1S/C15H21F2NO2/c1-3-15(4-2,5-6-19)10-18-14(20)11-7-12(16)9-13(17)8-11/h7-9,19H,3-6,10H2,1-2H3,(H,18,20). The van der Waals surface area contributed by atoms with Gasteiger partial charge in [0.25, 0.3) is 5.91 Å². The molecule has 0 heterocycles. The van der Waals surface area contributed by atoms with Crippen LogP contribution in [0, 0.1) is 17.0 Å². The van der Waals surface area contributed by atoms with E-state index in [1.807, 2.05) is 13.8 Å². The maximum atomic E-state index is 13.1. The smallest absolute Gasteiger partial charge is 0.251 e. The Kier molecular flexibility index (Phi) is 6.07. The highest BCUT2D eigenvalue weighted by atomic mass is 19.1. The third-order valence-corrected chi connectivity index (χ3v) is 3.89. The molecule has 3 nitrogen and oxygen atoms in total. The summed E-state index contributed by atoms with van der Waals surface area (Å²) in [6.45, 7) is 4.41. The molecule has 0 aliphatic rings. The second kappa shape index (κ2) is 7.33. The van der Waals surface area contributed by atoms with Gasteiger partial charge in [-0.1, -0.05) is 13.8 Å². The molecule has 0 radical (unpaired) electrons. The van der Waals surface area contributed by atoms with Crippen molar-refractivity contribution in [3.63, 3.8) is 0 Å². The maximum absolute atomic E-state index is 13.1. The van der Waals surface area contributed by atoms with E-state index < -0.39 is 17.5 Å². The number of aliphatic hydroxyl groups is 1. The van der Waals surface area contributed by atoms with Gasteiger partial charge in [0, 0.05) is 24.8 Å². The molecule has 1 aromatic carbocycles. The predicted molar refractivity (Wildman–Crippen MR) is 73.4 cm³/mol. The van der Waals surface area contributed by atoms with Crippen molar-refractivity contribution < 1.29 is 18.7 Å². The monoisotopic (exact) mass is 285 g/mol. The number of carbonyl (C=O) groups excluding carboxylic acids is 1. The number of hydrogen-bond donors (Lipinski definition) is 2. The van der Waals surface area contributed by atoms with E-state index in [4.69, 9.17) is 5.11 Å². The van der Waals surface area contributed by atoms with Crippen LogP contribution >= 0.6 is 0 Å². The maximum Gasteiger partial charge on any atom is 0.251 e. The van der Waals surface area contributed by atoms with Crippen molar-refractivity contribution in [2.75, 3.05) is 13.2 Å². The predicted octanol–water partition coefficient (Wildman–Crippen LogP) is 2.88. The van der Waals surface area contributed by atoms with E-state index in [1.54, 1.807) is 0 Å². The molecular weight excluding hydrogens is 264 g/mol. The van der Waals surface area contributed by atoms with E-state index >= 15 is 0 Å². The quantitative estimate of drug-likeness (QED) is 0.809. The van der Waals surface area contributed by atoms with E-state index in [0.717, 1.165) is 31.0 Å². The Balaban J connectivity index is 2.74. The normalized spacial score (nSPS) is 11.4. The Hall–Kier alpha value is -1.49. The zero-order valence-electron chi connectivity index (χ0n) is 11.9. The Morgan fingerprint density at radius 2 is 1.75 bits per heavy atom. The van der Waals surface area contributed by atoms with Crippen molar-refractivity contribution in [2.45, 2.75) is 33.1 Å². The van der Waals surface area contributed by atoms with Crippen LogP contribution in [0.2, 0.25) is 0 Å². The molecule has 1 aromatic rings. The minimum absolute atomic E-state index is 0.0346. The molecule has 0 unspecified atom stereocenters. The lowest BCUT2D eigenvalue weighted by Crippen LogP contribution is -2.37. The van der Waals surface area contributed by atoms with Crippen molar-refractivity contribution in [1.29, 1.82) is 0 Å². The SMILES string of the molecule is CCC(CC)(CCO)CNC(=O)c1cc(F)cc(F)c1. The number of aliphatic hydroxyl groups excluding tert-OH is 1. The molecule has 0 saturated carbocycles. The zero-order valence-corrected chi connectivity index (χ0v) is 11.9. The number of rotatable bonds is 7. The number of benzene rings is 1. The molecule has 0 fully saturated rings. The molecule has 5 heteroatoms. The lowest BCUT2D eigenvalue weighted by molar-refractivity contribution is 0.0906. The lowest BCUT2D eigenvalue weighted by Gasteiger charge is -2.31. The Morgan fingerprint density at radius 3 is 2.20 bits per heavy atom. The van der Waals surface area contributed by atoms with Crippen LogP contribution in [0.15, 0.2) is 18.2 Å². The van der Waals surface area contributed by atoms with Crippen molar-refractivity contribution >= 4 is 5.91 Å².